The van der Waals surface area contributed by atoms with Gasteiger partial charge in [0.25, 0.3) is 0 Å². The fourth-order valence-corrected chi connectivity index (χ4v) is 11.4. The van der Waals surface area contributed by atoms with Gasteiger partial charge in [0.05, 0.1) is 12.1 Å². The van der Waals surface area contributed by atoms with E-state index in [1.54, 1.807) is 38.4 Å². The summed E-state index contributed by atoms with van der Waals surface area (Å²) in [5.41, 5.74) is 63.4. The number of phenolic OH excluding ortho intramolecular Hbond substituents is 1. The summed E-state index contributed by atoms with van der Waals surface area (Å²) in [5.74, 6) is -11.8. The Kier molecular flexibility index (Phi) is 40.9. The lowest BCUT2D eigenvalue weighted by Gasteiger charge is -2.32. The van der Waals surface area contributed by atoms with Crippen LogP contribution in [0, 0.1) is 5.92 Å². The molecule has 2 heterocycles. The third-order valence-electron chi connectivity index (χ3n) is 17.1. The van der Waals surface area contributed by atoms with Gasteiger partial charge in [-0.1, -0.05) is 32.0 Å². The van der Waals surface area contributed by atoms with Crippen LogP contribution in [0.4, 0.5) is 0 Å². The van der Waals surface area contributed by atoms with Crippen molar-refractivity contribution in [1.29, 1.82) is 0 Å². The van der Waals surface area contributed by atoms with Crippen molar-refractivity contribution in [1.82, 2.24) is 57.7 Å². The van der Waals surface area contributed by atoms with Crippen LogP contribution in [0.5, 0.6) is 5.75 Å². The summed E-state index contributed by atoms with van der Waals surface area (Å²) in [5, 5.41) is 55.1. The topological polar surface area (TPSA) is 709 Å². The second-order valence-corrected chi connectivity index (χ2v) is 26.3. The lowest BCUT2D eigenvalue weighted by Crippen LogP contribution is -2.62. The zero-order chi connectivity index (χ0) is 79.7. The van der Waals surface area contributed by atoms with E-state index in [0.29, 0.717) is 30.4 Å². The van der Waals surface area contributed by atoms with Gasteiger partial charge in [-0.25, -0.2) is 4.79 Å². The number of aromatic hydroxyl groups is 1. The number of guanidine groups is 4. The molecule has 3 rings (SSSR count). The summed E-state index contributed by atoms with van der Waals surface area (Å²) in [4.78, 5) is 178. The molecule has 1 aromatic heterocycles. The number of aliphatic hydroxyl groups excluding tert-OH is 1. The van der Waals surface area contributed by atoms with Gasteiger partial charge in [-0.15, -0.1) is 0 Å². The average Bonchev–Trinajstić information content (AvgIpc) is 1.74. The van der Waals surface area contributed by atoms with Crippen LogP contribution >= 0.6 is 0 Å². The fourth-order valence-electron chi connectivity index (χ4n) is 11.4. The Balaban J connectivity index is 2.04. The van der Waals surface area contributed by atoms with Crippen LogP contribution in [0.25, 0.3) is 0 Å². The molecule has 40 nitrogen and oxygen atoms in total. The number of nitrogens with two attached hydrogens (primary N) is 11. The Labute approximate surface area is 621 Å². The molecule has 0 unspecified atom stereocenters. The maximum absolute atomic E-state index is 14.9. The Bertz CT molecular complexity index is 3310. The highest BCUT2D eigenvalue weighted by molar-refractivity contribution is 5.99. The molecule has 10 amide bonds. The SMILES string of the molecule is CC(C)[C@H](NC(=O)[C@@H](N)Cc1cccnc1)C(=O)N[C@H](C(=O)N1CCC[C@H]1C(=O)N[C@@H](Cc1ccc(O)cc1)C(=O)N[C@@H](CCCN=C(N)N)C(=O)N[C@@H](CCCCN)C(=O)N[C@@H](CCCN=C(N)N)C(=O)N[C@@H](CCCN=C(N)N)C(=O)N[C@@H](CCCCN)C(=O)N[C@@H](CCCN=C(N)N)C(=O)O)[C@@H](C)O. The number of nitrogens with zero attached hydrogens (tertiary/aromatic N) is 6. The molecule has 1 aliphatic rings. The molecule has 34 N–H and O–H groups in total. The number of nitrogens with one attached hydrogen (secondary N) is 9. The molecular weight excluding hydrogens is 1390 g/mol. The minimum atomic E-state index is -1.64. The monoisotopic (exact) mass is 1510 g/mol. The highest BCUT2D eigenvalue weighted by Crippen LogP contribution is 2.22. The molecule has 40 heteroatoms. The van der Waals surface area contributed by atoms with E-state index >= 15 is 0 Å². The number of aliphatic imine (C=N–C) groups is 4. The zero-order valence-corrected chi connectivity index (χ0v) is 61.2. The number of phenols is 1. The van der Waals surface area contributed by atoms with Gasteiger partial charge in [0.2, 0.25) is 59.1 Å². The standard InChI is InChI=1S/C67H114N26O14/c1-37(2)51(91-53(96)42(70)34-40-14-8-28-79-36-40)61(104)92-52(38(3)94)62(105)93-33-13-21-50(93)60(103)90-49(35-39-22-24-41(95)25-23-39)59(102)88-47(19-11-31-82-66(75)76)57(100)84-43(15-4-6-26-68)54(97)86-46(18-10-30-81-65(73)74)56(99)87-45(17-9-29-80-64(71)72)55(98)85-44(16-5-7-27-69)58(101)89-48(63(106)107)20-12-32-83-67(77)78/h8,14,22-25,28,36-38,42-52,94-95H,4-7,9-13,15-21,26-27,29-35,68-70H2,1-3H3,(H,84,100)(H,85,98)(H,86,97)(H,87,99)(H,88,102)(H,89,101)(H,90,103)(H,91,96)(H,92,104)(H,106,107)(H4,71,72,80)(H4,73,74,81)(H4,75,76,82)(H4,77,78,83)/t38-,42+,43+,44+,45+,46+,47+,48+,49+,50+,51+,52+/m1/s1. The molecule has 0 aliphatic carbocycles. The van der Waals surface area contributed by atoms with Gasteiger partial charge in [0, 0.05) is 51.5 Å². The van der Waals surface area contributed by atoms with Gasteiger partial charge >= 0.3 is 5.97 Å². The first-order valence-corrected chi connectivity index (χ1v) is 35.8. The third kappa shape index (κ3) is 34.4. The summed E-state index contributed by atoms with van der Waals surface area (Å²) in [7, 11) is 0. The number of unbranched alkanes of at least 4 members (excludes halogenated alkanes) is 2. The molecule has 1 aromatic carbocycles. The van der Waals surface area contributed by atoms with E-state index in [1.807, 2.05) is 0 Å². The number of hydrogen-bond donors (Lipinski definition) is 23. The molecule has 0 bridgehead atoms. The van der Waals surface area contributed by atoms with Crippen molar-refractivity contribution < 1.29 is 68.1 Å². The largest absolute Gasteiger partial charge is 0.508 e. The fraction of sp³-hybridized carbons (Fsp3) is 0.612. The van der Waals surface area contributed by atoms with Crippen LogP contribution in [-0.2, 0) is 65.6 Å². The molecule has 596 valence electrons. The lowest BCUT2D eigenvalue weighted by atomic mass is 10.0. The summed E-state index contributed by atoms with van der Waals surface area (Å²) in [6.45, 7) is 4.86. The van der Waals surface area contributed by atoms with Crippen molar-refractivity contribution in [3.8, 4) is 5.75 Å². The lowest BCUT2D eigenvalue weighted by molar-refractivity contribution is -0.145. The molecule has 12 atom stereocenters. The number of carbonyl (C=O) groups is 11. The number of carboxylic acid groups (broad SMARTS) is 1. The first kappa shape index (κ1) is 90.5. The molecule has 2 aromatic rings. The number of amides is 10. The molecule has 1 saturated heterocycles. The van der Waals surface area contributed by atoms with Crippen LogP contribution in [-0.4, -0.2) is 232 Å². The Hall–Kier alpha value is -10.7. The summed E-state index contributed by atoms with van der Waals surface area (Å²) in [6.07, 6.45) is 2.62. The van der Waals surface area contributed by atoms with E-state index < -0.39 is 144 Å². The summed E-state index contributed by atoms with van der Waals surface area (Å²) >= 11 is 0. The maximum Gasteiger partial charge on any atom is 0.326 e. The first-order chi connectivity index (χ1) is 50.8. The van der Waals surface area contributed by atoms with E-state index in [9.17, 15) is 68.1 Å². The Morgan fingerprint density at radius 1 is 0.486 bits per heavy atom. The highest BCUT2D eigenvalue weighted by Gasteiger charge is 2.42. The number of likely N-dealkylation sites (tertiary alicyclic amines) is 1. The molecule has 0 spiro atoms. The number of carbonyl (C=O) groups excluding carboxylic acids is 10. The molecule has 0 radical (unpaired) electrons. The van der Waals surface area contributed by atoms with E-state index in [4.69, 9.17) is 63.1 Å². The summed E-state index contributed by atoms with van der Waals surface area (Å²) < 4.78 is 0. The number of benzene rings is 1. The predicted molar refractivity (Wildman–Crippen MR) is 399 cm³/mol. The van der Waals surface area contributed by atoms with E-state index in [-0.39, 0.29) is 172 Å². The Morgan fingerprint density at radius 3 is 1.25 bits per heavy atom. The van der Waals surface area contributed by atoms with Crippen molar-refractivity contribution in [2.45, 2.75) is 209 Å². The molecule has 107 heavy (non-hydrogen) atoms. The third-order valence-corrected chi connectivity index (χ3v) is 17.1. The normalized spacial score (nSPS) is 15.6. The Morgan fingerprint density at radius 2 is 0.879 bits per heavy atom. The second-order valence-electron chi connectivity index (χ2n) is 26.3. The number of carboxylic acids is 1. The van der Waals surface area contributed by atoms with E-state index in [2.05, 4.69) is 72.8 Å². The van der Waals surface area contributed by atoms with Crippen LogP contribution in [0.15, 0.2) is 68.8 Å². The number of pyridine rings is 1. The molecule has 1 aliphatic heterocycles. The van der Waals surface area contributed by atoms with Gasteiger partial charge in [-0.2, -0.15) is 0 Å². The van der Waals surface area contributed by atoms with Crippen LogP contribution in [0.2, 0.25) is 0 Å². The van der Waals surface area contributed by atoms with Crippen molar-refractivity contribution in [2.24, 2.45) is 89.0 Å². The predicted octanol–water partition coefficient (Wildman–Crippen LogP) is -7.15. The number of aliphatic hydroxyl groups is 1. The highest BCUT2D eigenvalue weighted by atomic mass is 16.4. The van der Waals surface area contributed by atoms with Gasteiger partial charge in [-0.05, 0) is 164 Å². The summed E-state index contributed by atoms with van der Waals surface area (Å²) in [6, 6.07) is -6.46. The van der Waals surface area contributed by atoms with Gasteiger partial charge < -0.3 is 131 Å². The van der Waals surface area contributed by atoms with Crippen molar-refractivity contribution in [2.75, 3.05) is 45.8 Å². The number of rotatable bonds is 50. The molecular formula is C67H114N26O14. The smallest absolute Gasteiger partial charge is 0.326 e. The van der Waals surface area contributed by atoms with Gasteiger partial charge in [0.1, 0.15) is 66.2 Å². The quantitative estimate of drug-likeness (QED) is 0.0166. The van der Waals surface area contributed by atoms with Crippen molar-refractivity contribution >= 4 is 88.9 Å². The number of aliphatic carboxylic acids is 1. The van der Waals surface area contributed by atoms with Crippen molar-refractivity contribution in [3.05, 3.63) is 59.9 Å². The van der Waals surface area contributed by atoms with Gasteiger partial charge in [-0.3, -0.25) is 72.9 Å². The molecule has 1 fully saturated rings. The van der Waals surface area contributed by atoms with E-state index in [0.717, 1.165) is 4.90 Å². The number of hydrogen-bond acceptors (Lipinski definition) is 21. The van der Waals surface area contributed by atoms with Crippen LogP contribution in [0.3, 0.4) is 0 Å². The van der Waals surface area contributed by atoms with E-state index in [1.165, 1.54) is 31.2 Å². The maximum atomic E-state index is 14.9. The minimum Gasteiger partial charge on any atom is -0.508 e. The average molecular weight is 1510 g/mol. The second kappa shape index (κ2) is 48.4. The van der Waals surface area contributed by atoms with Crippen LogP contribution in [0.1, 0.15) is 135 Å². The molecule has 0 saturated carbocycles. The van der Waals surface area contributed by atoms with Crippen molar-refractivity contribution in [3.63, 3.8) is 0 Å². The first-order valence-electron chi connectivity index (χ1n) is 35.8. The van der Waals surface area contributed by atoms with Crippen LogP contribution < -0.4 is 111 Å². The minimum absolute atomic E-state index is 0.0139. The van der Waals surface area contributed by atoms with Gasteiger partial charge in [0.15, 0.2) is 23.8 Å². The number of aromatic nitrogens is 1. The zero-order valence-electron chi connectivity index (χ0n) is 61.2.